The molecule has 33 heavy (non-hydrogen) atoms. The molecule has 4 aromatic rings. The quantitative estimate of drug-likeness (QED) is 0.259. The molecule has 0 saturated heterocycles. The average Bonchev–Trinajstić information content (AvgIpc) is 3.41. The molecule has 0 aliphatic heterocycles. The number of anilines is 1. The maximum atomic E-state index is 12.6. The smallest absolute Gasteiger partial charge is 0.311 e. The van der Waals surface area contributed by atoms with Gasteiger partial charge in [-0.15, -0.1) is 0 Å². The normalized spacial score (nSPS) is 10.7. The largest absolute Gasteiger partial charge is 0.464 e. The van der Waals surface area contributed by atoms with Crippen molar-refractivity contribution < 1.29 is 14.5 Å². The van der Waals surface area contributed by atoms with E-state index in [1.807, 2.05) is 18.2 Å². The van der Waals surface area contributed by atoms with Gasteiger partial charge in [-0.25, -0.2) is 4.68 Å². The second kappa shape index (κ2) is 9.84. The van der Waals surface area contributed by atoms with Gasteiger partial charge in [0, 0.05) is 23.5 Å². The minimum atomic E-state index is -0.528. The first kappa shape index (κ1) is 22.5. The highest BCUT2D eigenvalue weighted by Gasteiger charge is 2.17. The maximum absolute atomic E-state index is 12.6. The summed E-state index contributed by atoms with van der Waals surface area (Å²) in [7, 11) is 0. The van der Waals surface area contributed by atoms with Crippen molar-refractivity contribution in [2.45, 2.75) is 13.3 Å². The predicted octanol–water partition coefficient (Wildman–Crippen LogP) is 4.74. The first-order chi connectivity index (χ1) is 15.9. The van der Waals surface area contributed by atoms with Crippen molar-refractivity contribution in [1.29, 1.82) is 0 Å². The lowest BCUT2D eigenvalue weighted by Gasteiger charge is -2.06. The number of ether oxygens (including phenoxy) is 1. The molecule has 0 aliphatic carbocycles. The van der Waals surface area contributed by atoms with E-state index in [-0.39, 0.29) is 23.9 Å². The number of rotatable bonds is 8. The Kier molecular flexibility index (Phi) is 6.71. The number of para-hydroxylation sites is 2. The molecule has 2 aromatic carbocycles. The SMILES string of the molecule is O=C(Nc1nn(Cc2ccccc2Cl)cc1Br)c1ccn(COc2ccccc2[N+](=O)[O-])n1. The number of carbonyl (C=O) groups excluding carboxylic acids is 1. The van der Waals surface area contributed by atoms with Gasteiger partial charge in [0.25, 0.3) is 5.91 Å². The minimum absolute atomic E-state index is 0.103. The third kappa shape index (κ3) is 5.38. The average molecular weight is 532 g/mol. The summed E-state index contributed by atoms with van der Waals surface area (Å²) in [6.07, 6.45) is 3.27. The van der Waals surface area contributed by atoms with E-state index in [1.54, 1.807) is 29.1 Å². The van der Waals surface area contributed by atoms with Crippen LogP contribution in [0.2, 0.25) is 5.02 Å². The summed E-state index contributed by atoms with van der Waals surface area (Å²) in [5, 5.41) is 22.9. The van der Waals surface area contributed by atoms with E-state index < -0.39 is 10.8 Å². The zero-order chi connectivity index (χ0) is 23.4. The molecule has 12 heteroatoms. The van der Waals surface area contributed by atoms with E-state index in [0.29, 0.717) is 21.9 Å². The van der Waals surface area contributed by atoms with Crippen molar-refractivity contribution in [1.82, 2.24) is 19.6 Å². The molecule has 0 saturated carbocycles. The molecule has 0 atom stereocenters. The van der Waals surface area contributed by atoms with E-state index in [1.165, 1.54) is 29.1 Å². The van der Waals surface area contributed by atoms with Gasteiger partial charge in [0.2, 0.25) is 0 Å². The summed E-state index contributed by atoms with van der Waals surface area (Å²) in [6, 6.07) is 15.0. The highest BCUT2D eigenvalue weighted by atomic mass is 79.9. The number of nitro groups is 1. The van der Waals surface area contributed by atoms with Crippen LogP contribution in [0.4, 0.5) is 11.5 Å². The van der Waals surface area contributed by atoms with E-state index in [4.69, 9.17) is 16.3 Å². The summed E-state index contributed by atoms with van der Waals surface area (Å²) in [5.41, 5.74) is 0.873. The van der Waals surface area contributed by atoms with Crippen LogP contribution in [-0.4, -0.2) is 30.4 Å². The summed E-state index contributed by atoms with van der Waals surface area (Å²) in [6.45, 7) is 0.333. The first-order valence-corrected chi connectivity index (χ1v) is 10.7. The zero-order valence-corrected chi connectivity index (χ0v) is 19.2. The van der Waals surface area contributed by atoms with Gasteiger partial charge in [0.05, 0.1) is 15.9 Å². The van der Waals surface area contributed by atoms with E-state index >= 15 is 0 Å². The van der Waals surface area contributed by atoms with Crippen molar-refractivity contribution >= 4 is 44.9 Å². The molecule has 168 valence electrons. The minimum Gasteiger partial charge on any atom is -0.464 e. The number of nitro benzene ring substituents is 1. The van der Waals surface area contributed by atoms with Crippen LogP contribution in [0.5, 0.6) is 5.75 Å². The van der Waals surface area contributed by atoms with E-state index in [0.717, 1.165) is 5.56 Å². The van der Waals surface area contributed by atoms with Gasteiger partial charge in [0.1, 0.15) is 0 Å². The predicted molar refractivity (Wildman–Crippen MR) is 124 cm³/mol. The summed E-state index contributed by atoms with van der Waals surface area (Å²) >= 11 is 9.59. The van der Waals surface area contributed by atoms with Crippen molar-refractivity contribution in [3.8, 4) is 5.75 Å². The Labute approximate surface area is 201 Å². The number of aromatic nitrogens is 4. The van der Waals surface area contributed by atoms with Crippen molar-refractivity contribution in [3.63, 3.8) is 0 Å². The van der Waals surface area contributed by atoms with Crippen LogP contribution < -0.4 is 10.1 Å². The van der Waals surface area contributed by atoms with Gasteiger partial charge < -0.3 is 10.1 Å². The lowest BCUT2D eigenvalue weighted by molar-refractivity contribution is -0.386. The van der Waals surface area contributed by atoms with Crippen molar-refractivity contribution in [3.05, 3.63) is 97.9 Å². The van der Waals surface area contributed by atoms with E-state index in [2.05, 4.69) is 31.4 Å². The second-order valence-electron chi connectivity index (χ2n) is 6.81. The van der Waals surface area contributed by atoms with Crippen LogP contribution >= 0.6 is 27.5 Å². The molecular weight excluding hydrogens is 516 g/mol. The summed E-state index contributed by atoms with van der Waals surface area (Å²) in [4.78, 5) is 23.2. The van der Waals surface area contributed by atoms with Gasteiger partial charge in [0.15, 0.2) is 24.0 Å². The second-order valence-corrected chi connectivity index (χ2v) is 8.07. The molecule has 2 heterocycles. The Hall–Kier alpha value is -3.70. The Bertz CT molecular complexity index is 1320. The van der Waals surface area contributed by atoms with Crippen molar-refractivity contribution in [2.75, 3.05) is 5.32 Å². The number of halogens is 2. The molecule has 1 amide bonds. The molecule has 0 fully saturated rings. The highest BCUT2D eigenvalue weighted by molar-refractivity contribution is 9.10. The van der Waals surface area contributed by atoms with Gasteiger partial charge >= 0.3 is 5.69 Å². The van der Waals surface area contributed by atoms with Gasteiger partial charge in [-0.3, -0.25) is 19.6 Å². The molecule has 0 unspecified atom stereocenters. The lowest BCUT2D eigenvalue weighted by atomic mass is 10.2. The molecule has 4 rings (SSSR count). The Morgan fingerprint density at radius 3 is 2.67 bits per heavy atom. The molecular formula is C21H16BrClN6O4. The highest BCUT2D eigenvalue weighted by Crippen LogP contribution is 2.26. The summed E-state index contributed by atoms with van der Waals surface area (Å²) in [5.74, 6) is -0.0297. The number of amides is 1. The van der Waals surface area contributed by atoms with Crippen LogP contribution in [-0.2, 0) is 13.3 Å². The molecule has 0 radical (unpaired) electrons. The van der Waals surface area contributed by atoms with Gasteiger partial charge in [-0.05, 0) is 39.7 Å². The Morgan fingerprint density at radius 2 is 1.88 bits per heavy atom. The number of nitrogens with zero attached hydrogens (tertiary/aromatic N) is 5. The van der Waals surface area contributed by atoms with Crippen LogP contribution in [0.15, 0.2) is 71.5 Å². The Balaban J connectivity index is 1.40. The zero-order valence-electron chi connectivity index (χ0n) is 16.9. The fourth-order valence-electron chi connectivity index (χ4n) is 2.96. The molecule has 2 aromatic heterocycles. The van der Waals surface area contributed by atoms with E-state index in [9.17, 15) is 14.9 Å². The number of nitrogens with one attached hydrogen (secondary N) is 1. The molecule has 1 N–H and O–H groups in total. The van der Waals surface area contributed by atoms with Gasteiger partial charge in [-0.1, -0.05) is 41.9 Å². The summed E-state index contributed by atoms with van der Waals surface area (Å²) < 4.78 is 9.09. The first-order valence-electron chi connectivity index (χ1n) is 9.58. The van der Waals surface area contributed by atoms with Crippen molar-refractivity contribution in [2.24, 2.45) is 0 Å². The third-order valence-corrected chi connectivity index (χ3v) is 5.48. The van der Waals surface area contributed by atoms with Crippen LogP contribution in [0.3, 0.4) is 0 Å². The molecule has 0 spiro atoms. The fraction of sp³-hybridized carbons (Fsp3) is 0.0952. The van der Waals surface area contributed by atoms with Crippen LogP contribution in [0.1, 0.15) is 16.1 Å². The van der Waals surface area contributed by atoms with Crippen LogP contribution in [0.25, 0.3) is 0 Å². The lowest BCUT2D eigenvalue weighted by Crippen LogP contribution is -2.15. The standard InChI is InChI=1S/C21H16BrClN6O4/c22-15-12-28(11-14-5-1-2-6-16(14)23)26-20(15)24-21(30)17-9-10-27(25-17)13-33-19-8-4-3-7-18(19)29(31)32/h1-10,12H,11,13H2,(H,24,26,30). The topological polar surface area (TPSA) is 117 Å². The molecule has 0 bridgehead atoms. The van der Waals surface area contributed by atoms with Gasteiger partial charge in [-0.2, -0.15) is 10.2 Å². The maximum Gasteiger partial charge on any atom is 0.311 e. The third-order valence-electron chi connectivity index (χ3n) is 4.53. The number of carbonyl (C=O) groups is 1. The molecule has 10 nitrogen and oxygen atoms in total. The fourth-order valence-corrected chi connectivity index (χ4v) is 3.57. The number of hydrogen-bond donors (Lipinski definition) is 1. The Morgan fingerprint density at radius 1 is 1.12 bits per heavy atom. The molecule has 0 aliphatic rings. The number of benzene rings is 2. The number of hydrogen-bond acceptors (Lipinski definition) is 6. The van der Waals surface area contributed by atoms with Crippen LogP contribution in [0, 0.1) is 10.1 Å². The monoisotopic (exact) mass is 530 g/mol.